The molecule has 0 amide bonds. The van der Waals surface area contributed by atoms with E-state index in [0.717, 1.165) is 0 Å². The van der Waals surface area contributed by atoms with E-state index in [1.165, 1.54) is 5.19 Å². The largest absolute Gasteiger partial charge is 0.389 e. The van der Waals surface area contributed by atoms with Gasteiger partial charge in [0.05, 0.1) is 6.10 Å². The highest BCUT2D eigenvalue weighted by Crippen LogP contribution is 2.01. The van der Waals surface area contributed by atoms with Gasteiger partial charge in [-0.2, -0.15) is 0 Å². The summed E-state index contributed by atoms with van der Waals surface area (Å²) in [4.78, 5) is 0. The quantitative estimate of drug-likeness (QED) is 0.609. The molecule has 2 heteroatoms. The Morgan fingerprint density at radius 2 is 1.88 bits per heavy atom. The van der Waals surface area contributed by atoms with Crippen LogP contribution in [0.4, 0.5) is 0 Å². The average Bonchev–Trinajstić information content (AvgIpc) is 2.26. The third-order valence-electron chi connectivity index (χ3n) is 2.34. The van der Waals surface area contributed by atoms with Crippen LogP contribution in [-0.4, -0.2) is 19.3 Å². The van der Waals surface area contributed by atoms with Crippen molar-refractivity contribution in [3.8, 4) is 11.5 Å². The molecule has 0 saturated carbocycles. The first-order valence-electron chi connectivity index (χ1n) is 5.45. The molecule has 0 aliphatic heterocycles. The van der Waals surface area contributed by atoms with Crippen molar-refractivity contribution in [2.75, 3.05) is 0 Å². The van der Waals surface area contributed by atoms with E-state index in [2.05, 4.69) is 48.8 Å². The predicted octanol–water partition coefficient (Wildman–Crippen LogP) is 2.08. The minimum Gasteiger partial charge on any atom is -0.389 e. The van der Waals surface area contributed by atoms with Crippen LogP contribution in [0.2, 0.25) is 13.1 Å². The van der Waals surface area contributed by atoms with Crippen LogP contribution in [-0.2, 0) is 0 Å². The second-order valence-corrected chi connectivity index (χ2v) is 8.44. The summed E-state index contributed by atoms with van der Waals surface area (Å²) in [6.07, 6.45) is 3.01. The molecule has 16 heavy (non-hydrogen) atoms. The van der Waals surface area contributed by atoms with Gasteiger partial charge in [-0.25, -0.2) is 0 Å². The Morgan fingerprint density at radius 1 is 1.25 bits per heavy atom. The van der Waals surface area contributed by atoms with Gasteiger partial charge in [-0.05, 0) is 24.3 Å². The Kier molecular flexibility index (Phi) is 4.54. The summed E-state index contributed by atoms with van der Waals surface area (Å²) in [5, 5.41) is 10.4. The molecule has 0 saturated heterocycles. The highest BCUT2D eigenvalue weighted by atomic mass is 28.3. The van der Waals surface area contributed by atoms with Crippen molar-refractivity contribution in [2.24, 2.45) is 0 Å². The second kappa shape index (κ2) is 5.69. The molecule has 1 rings (SSSR count). The summed E-state index contributed by atoms with van der Waals surface area (Å²) in [6.45, 7) is 6.18. The molecular formula is C14H18OSi. The van der Waals surface area contributed by atoms with Crippen molar-refractivity contribution < 1.29 is 5.11 Å². The smallest absolute Gasteiger partial charge is 0.163 e. The van der Waals surface area contributed by atoms with E-state index < -0.39 is 14.2 Å². The van der Waals surface area contributed by atoms with Gasteiger partial charge >= 0.3 is 0 Å². The van der Waals surface area contributed by atoms with Gasteiger partial charge in [-0.3, -0.25) is 0 Å². The monoisotopic (exact) mass is 230 g/mol. The summed E-state index contributed by atoms with van der Waals surface area (Å²) in [6, 6.07) is 10.4. The Hall–Kier alpha value is -1.30. The van der Waals surface area contributed by atoms with Gasteiger partial charge < -0.3 is 5.11 Å². The molecule has 84 valence electrons. The van der Waals surface area contributed by atoms with Crippen molar-refractivity contribution in [3.63, 3.8) is 0 Å². The van der Waals surface area contributed by atoms with E-state index in [-0.39, 0.29) is 0 Å². The van der Waals surface area contributed by atoms with Gasteiger partial charge in [0.2, 0.25) is 0 Å². The first-order valence-corrected chi connectivity index (χ1v) is 8.45. The normalized spacial score (nSPS) is 13.2. The van der Waals surface area contributed by atoms with Crippen LogP contribution in [0, 0.1) is 11.5 Å². The number of aliphatic hydroxyl groups is 1. The first kappa shape index (κ1) is 12.8. The SMILES string of the molecule is CC(O)/C=C\C#C[Si](C)(C)c1ccccc1. The molecule has 1 aromatic rings. The molecule has 1 atom stereocenters. The third-order valence-corrected chi connectivity index (χ3v) is 4.88. The van der Waals surface area contributed by atoms with Gasteiger partial charge in [-0.1, -0.05) is 49.3 Å². The molecule has 0 radical (unpaired) electrons. The molecule has 1 N–H and O–H groups in total. The Labute approximate surface area is 98.8 Å². The van der Waals surface area contributed by atoms with Crippen LogP contribution in [0.5, 0.6) is 0 Å². The lowest BCUT2D eigenvalue weighted by Gasteiger charge is -2.14. The second-order valence-electron chi connectivity index (χ2n) is 4.36. The van der Waals surface area contributed by atoms with E-state index in [4.69, 9.17) is 5.11 Å². The van der Waals surface area contributed by atoms with E-state index in [1.807, 2.05) is 6.07 Å². The Morgan fingerprint density at radius 3 is 2.44 bits per heavy atom. The summed E-state index contributed by atoms with van der Waals surface area (Å²) in [7, 11) is -1.65. The van der Waals surface area contributed by atoms with Crippen LogP contribution in [0.15, 0.2) is 42.5 Å². The Bertz CT molecular complexity index is 407. The lowest BCUT2D eigenvalue weighted by Crippen LogP contribution is -2.39. The van der Waals surface area contributed by atoms with E-state index in [1.54, 1.807) is 19.1 Å². The highest BCUT2D eigenvalue weighted by molar-refractivity contribution is 6.96. The standard InChI is InChI=1S/C14H18OSi/c1-13(15)9-7-8-12-16(2,3)14-10-5-4-6-11-14/h4-7,9-11,13,15H,1-3H3/b9-7-. The number of hydrogen-bond donors (Lipinski definition) is 1. The van der Waals surface area contributed by atoms with Crippen molar-refractivity contribution >= 4 is 13.3 Å². The average molecular weight is 230 g/mol. The summed E-state index contributed by atoms with van der Waals surface area (Å²) >= 11 is 0. The number of benzene rings is 1. The molecule has 0 aliphatic rings. The molecule has 0 bridgehead atoms. The van der Waals surface area contributed by atoms with E-state index in [0.29, 0.717) is 0 Å². The number of allylic oxidation sites excluding steroid dienone is 1. The fourth-order valence-electron chi connectivity index (χ4n) is 1.34. The molecule has 0 aromatic heterocycles. The van der Waals surface area contributed by atoms with Crippen molar-refractivity contribution in [3.05, 3.63) is 42.5 Å². The van der Waals surface area contributed by atoms with E-state index >= 15 is 0 Å². The summed E-state index contributed by atoms with van der Waals surface area (Å²) in [5.74, 6) is 3.03. The molecule has 1 aromatic carbocycles. The molecule has 0 aliphatic carbocycles. The molecular weight excluding hydrogens is 212 g/mol. The van der Waals surface area contributed by atoms with Crippen LogP contribution in [0.25, 0.3) is 0 Å². The molecule has 1 nitrogen and oxygen atoms in total. The fraction of sp³-hybridized carbons (Fsp3) is 0.286. The van der Waals surface area contributed by atoms with Crippen LogP contribution >= 0.6 is 0 Å². The maximum atomic E-state index is 9.06. The van der Waals surface area contributed by atoms with Crippen molar-refractivity contribution in [1.29, 1.82) is 0 Å². The third kappa shape index (κ3) is 4.06. The molecule has 0 spiro atoms. The van der Waals surface area contributed by atoms with Gasteiger partial charge in [0.15, 0.2) is 8.07 Å². The maximum Gasteiger partial charge on any atom is 0.163 e. The van der Waals surface area contributed by atoms with Crippen LogP contribution < -0.4 is 5.19 Å². The molecule has 0 heterocycles. The zero-order valence-corrected chi connectivity index (χ0v) is 11.1. The summed E-state index contributed by atoms with van der Waals surface area (Å²) < 4.78 is 0. The highest BCUT2D eigenvalue weighted by Gasteiger charge is 2.19. The minimum absolute atomic E-state index is 0.421. The predicted molar refractivity (Wildman–Crippen MR) is 72.2 cm³/mol. The summed E-state index contributed by atoms with van der Waals surface area (Å²) in [5.41, 5.74) is 3.32. The van der Waals surface area contributed by atoms with Gasteiger partial charge in [0.25, 0.3) is 0 Å². The Balaban J connectivity index is 2.80. The van der Waals surface area contributed by atoms with Crippen LogP contribution in [0.1, 0.15) is 6.92 Å². The minimum atomic E-state index is -1.65. The van der Waals surface area contributed by atoms with E-state index in [9.17, 15) is 0 Å². The fourth-order valence-corrected chi connectivity index (χ4v) is 2.95. The lowest BCUT2D eigenvalue weighted by molar-refractivity contribution is 0.244. The van der Waals surface area contributed by atoms with Gasteiger partial charge in [0.1, 0.15) is 0 Å². The zero-order valence-electron chi connectivity index (χ0n) is 10.1. The topological polar surface area (TPSA) is 20.2 Å². The van der Waals surface area contributed by atoms with Crippen molar-refractivity contribution in [2.45, 2.75) is 26.1 Å². The lowest BCUT2D eigenvalue weighted by atomic mass is 10.4. The van der Waals surface area contributed by atoms with Gasteiger partial charge in [0, 0.05) is 0 Å². The maximum absolute atomic E-state index is 9.06. The number of rotatable bonds is 2. The molecule has 1 unspecified atom stereocenters. The van der Waals surface area contributed by atoms with Gasteiger partial charge in [-0.15, -0.1) is 5.54 Å². The van der Waals surface area contributed by atoms with Crippen molar-refractivity contribution in [1.82, 2.24) is 0 Å². The number of aliphatic hydroxyl groups excluding tert-OH is 1. The van der Waals surface area contributed by atoms with Crippen LogP contribution in [0.3, 0.4) is 0 Å². The number of hydrogen-bond acceptors (Lipinski definition) is 1. The zero-order chi connectivity index (χ0) is 12.0. The first-order chi connectivity index (χ1) is 7.52. The molecule has 0 fully saturated rings.